The Morgan fingerprint density at radius 3 is 2.24 bits per heavy atom. The molecular weight excluding hydrogens is 474 g/mol. The molecular formula is C29H27NO7. The van der Waals surface area contributed by atoms with Crippen LogP contribution in [0.4, 0.5) is 5.69 Å². The van der Waals surface area contributed by atoms with Crippen LogP contribution >= 0.6 is 0 Å². The van der Waals surface area contributed by atoms with Gasteiger partial charge in [-0.2, -0.15) is 0 Å². The van der Waals surface area contributed by atoms with Crippen LogP contribution in [-0.2, 0) is 14.3 Å². The van der Waals surface area contributed by atoms with E-state index in [0.29, 0.717) is 16.9 Å². The maximum Gasteiger partial charge on any atom is 0.343 e. The number of hydrogen-bond acceptors (Lipinski definition) is 7. The lowest BCUT2D eigenvalue weighted by Crippen LogP contribution is -2.28. The molecule has 3 aromatic rings. The Morgan fingerprint density at radius 1 is 0.892 bits per heavy atom. The number of amides is 1. The van der Waals surface area contributed by atoms with Crippen molar-refractivity contribution in [3.05, 3.63) is 89.0 Å². The molecule has 4 rings (SSSR count). The second-order valence-corrected chi connectivity index (χ2v) is 8.82. The van der Waals surface area contributed by atoms with Gasteiger partial charge < -0.3 is 19.1 Å². The van der Waals surface area contributed by atoms with Gasteiger partial charge in [0.1, 0.15) is 11.5 Å². The molecule has 0 N–H and O–H groups in total. The topological polar surface area (TPSA) is 99.2 Å². The van der Waals surface area contributed by atoms with Gasteiger partial charge in [0, 0.05) is 24.2 Å². The molecule has 1 aliphatic heterocycles. The normalized spacial score (nSPS) is 14.8. The van der Waals surface area contributed by atoms with Crippen molar-refractivity contribution in [2.45, 2.75) is 20.3 Å². The fourth-order valence-electron chi connectivity index (χ4n) is 4.28. The number of hydrogen-bond donors (Lipinski definition) is 0. The van der Waals surface area contributed by atoms with Crippen molar-refractivity contribution in [3.63, 3.8) is 0 Å². The quantitative estimate of drug-likeness (QED) is 0.258. The van der Waals surface area contributed by atoms with Crippen molar-refractivity contribution < 1.29 is 33.4 Å². The summed E-state index contributed by atoms with van der Waals surface area (Å²) in [6.07, 6.45) is 0.0359. The first-order valence-corrected chi connectivity index (χ1v) is 11.8. The average molecular weight is 502 g/mol. The average Bonchev–Trinajstić information content (AvgIpc) is 3.28. The fraction of sp³-hybridized carbons (Fsp3) is 0.241. The van der Waals surface area contributed by atoms with Crippen LogP contribution in [0.1, 0.15) is 38.3 Å². The summed E-state index contributed by atoms with van der Waals surface area (Å²) < 4.78 is 15.7. The third-order valence-corrected chi connectivity index (χ3v) is 6.21. The number of nitrogens with zero attached hydrogens (tertiary/aromatic N) is 1. The van der Waals surface area contributed by atoms with Crippen molar-refractivity contribution in [2.75, 3.05) is 25.2 Å². The highest BCUT2D eigenvalue weighted by molar-refractivity contribution is 6.02. The Bertz CT molecular complexity index is 1330. The van der Waals surface area contributed by atoms with E-state index in [4.69, 9.17) is 14.2 Å². The summed E-state index contributed by atoms with van der Waals surface area (Å²) in [6, 6.07) is 18.3. The van der Waals surface area contributed by atoms with Gasteiger partial charge in [-0.25, -0.2) is 4.79 Å². The summed E-state index contributed by atoms with van der Waals surface area (Å²) in [5.41, 5.74) is 3.35. The van der Waals surface area contributed by atoms with Crippen molar-refractivity contribution >= 4 is 29.3 Å². The summed E-state index contributed by atoms with van der Waals surface area (Å²) in [4.78, 5) is 51.7. The smallest absolute Gasteiger partial charge is 0.343 e. The standard InChI is InChI=1S/C29H27NO7/c1-18-6-4-7-19(2)27(18)30-16-22(15-26(30)32)28(33)36-17-25(31)20-10-12-23(13-11-20)37-29(34)21-8-5-9-24(14-21)35-3/h4-14,22H,15-17H2,1-3H3/t22-/m1/s1. The Hall–Kier alpha value is -4.46. The molecule has 0 saturated carbocycles. The first-order valence-electron chi connectivity index (χ1n) is 11.8. The second-order valence-electron chi connectivity index (χ2n) is 8.82. The Kier molecular flexibility index (Phi) is 7.67. The number of esters is 2. The lowest BCUT2D eigenvalue weighted by Gasteiger charge is -2.21. The van der Waals surface area contributed by atoms with Crippen LogP contribution in [0.3, 0.4) is 0 Å². The van der Waals surface area contributed by atoms with Gasteiger partial charge in [-0.1, -0.05) is 24.3 Å². The monoisotopic (exact) mass is 501 g/mol. The zero-order chi connectivity index (χ0) is 26.5. The number of ketones is 1. The van der Waals surface area contributed by atoms with Gasteiger partial charge in [0.05, 0.1) is 18.6 Å². The fourth-order valence-corrected chi connectivity index (χ4v) is 4.28. The van der Waals surface area contributed by atoms with Crippen LogP contribution in [0.2, 0.25) is 0 Å². The second kappa shape index (κ2) is 11.1. The van der Waals surface area contributed by atoms with Crippen LogP contribution in [0.15, 0.2) is 66.7 Å². The summed E-state index contributed by atoms with van der Waals surface area (Å²) >= 11 is 0. The zero-order valence-electron chi connectivity index (χ0n) is 20.9. The van der Waals surface area contributed by atoms with Crippen LogP contribution in [0, 0.1) is 19.8 Å². The molecule has 8 nitrogen and oxygen atoms in total. The highest BCUT2D eigenvalue weighted by Gasteiger charge is 2.37. The van der Waals surface area contributed by atoms with E-state index in [9.17, 15) is 19.2 Å². The summed E-state index contributed by atoms with van der Waals surface area (Å²) in [5, 5.41) is 0. The molecule has 0 bridgehead atoms. The SMILES string of the molecule is COc1cccc(C(=O)Oc2ccc(C(=O)COC(=O)[C@@H]3CC(=O)N(c4c(C)cccc4C)C3)cc2)c1. The van der Waals surface area contributed by atoms with Gasteiger partial charge in [-0.05, 0) is 67.4 Å². The number of Topliss-reactive ketones (excluding diaryl/α,β-unsaturated/α-hetero) is 1. The maximum absolute atomic E-state index is 12.6. The molecule has 0 radical (unpaired) electrons. The molecule has 1 fully saturated rings. The van der Waals surface area contributed by atoms with E-state index in [1.807, 2.05) is 32.0 Å². The molecule has 0 spiro atoms. The number of carbonyl (C=O) groups excluding carboxylic acids is 4. The van der Waals surface area contributed by atoms with E-state index in [-0.39, 0.29) is 24.6 Å². The molecule has 1 aliphatic rings. The van der Waals surface area contributed by atoms with Gasteiger partial charge >= 0.3 is 11.9 Å². The number of carbonyl (C=O) groups is 4. The van der Waals surface area contributed by atoms with Crippen LogP contribution < -0.4 is 14.4 Å². The molecule has 3 aromatic carbocycles. The van der Waals surface area contributed by atoms with Gasteiger partial charge in [-0.15, -0.1) is 0 Å². The van der Waals surface area contributed by atoms with Crippen LogP contribution in [0.25, 0.3) is 0 Å². The number of rotatable bonds is 8. The highest BCUT2D eigenvalue weighted by atomic mass is 16.5. The highest BCUT2D eigenvalue weighted by Crippen LogP contribution is 2.31. The van der Waals surface area contributed by atoms with Crippen LogP contribution in [-0.4, -0.2) is 43.9 Å². The number of ether oxygens (including phenoxy) is 3. The van der Waals surface area contributed by atoms with Crippen molar-refractivity contribution in [3.8, 4) is 11.5 Å². The van der Waals surface area contributed by atoms with E-state index in [1.54, 1.807) is 29.2 Å². The predicted molar refractivity (Wildman–Crippen MR) is 136 cm³/mol. The molecule has 0 aromatic heterocycles. The minimum absolute atomic E-state index is 0.0359. The number of anilines is 1. The van der Waals surface area contributed by atoms with Crippen molar-refractivity contribution in [2.24, 2.45) is 5.92 Å². The first-order chi connectivity index (χ1) is 17.8. The van der Waals surface area contributed by atoms with Crippen LogP contribution in [0.5, 0.6) is 11.5 Å². The molecule has 1 saturated heterocycles. The third-order valence-electron chi connectivity index (χ3n) is 6.21. The Balaban J connectivity index is 1.31. The van der Waals surface area contributed by atoms with E-state index >= 15 is 0 Å². The summed E-state index contributed by atoms with van der Waals surface area (Å²) in [6.45, 7) is 3.61. The van der Waals surface area contributed by atoms with Crippen molar-refractivity contribution in [1.29, 1.82) is 0 Å². The molecule has 1 atom stereocenters. The van der Waals surface area contributed by atoms with Gasteiger partial charge in [-0.3, -0.25) is 14.4 Å². The van der Waals surface area contributed by atoms with Gasteiger partial charge in [0.2, 0.25) is 5.91 Å². The Morgan fingerprint density at radius 2 is 1.57 bits per heavy atom. The summed E-state index contributed by atoms with van der Waals surface area (Å²) in [5.74, 6) is -1.55. The van der Waals surface area contributed by atoms with Gasteiger partial charge in [0.15, 0.2) is 12.4 Å². The Labute approximate surface area is 214 Å². The van der Waals surface area contributed by atoms with E-state index in [2.05, 4.69) is 0 Å². The molecule has 1 amide bonds. The minimum Gasteiger partial charge on any atom is -0.497 e. The van der Waals surface area contributed by atoms with E-state index < -0.39 is 30.2 Å². The molecule has 190 valence electrons. The van der Waals surface area contributed by atoms with Crippen molar-refractivity contribution in [1.82, 2.24) is 0 Å². The predicted octanol–water partition coefficient (Wildman–Crippen LogP) is 4.31. The zero-order valence-corrected chi connectivity index (χ0v) is 20.9. The lowest BCUT2D eigenvalue weighted by molar-refractivity contribution is -0.147. The molecule has 37 heavy (non-hydrogen) atoms. The minimum atomic E-state index is -0.641. The number of para-hydroxylation sites is 1. The van der Waals surface area contributed by atoms with Gasteiger partial charge in [0.25, 0.3) is 0 Å². The third kappa shape index (κ3) is 5.86. The molecule has 8 heteroatoms. The maximum atomic E-state index is 12.6. The lowest BCUT2D eigenvalue weighted by atomic mass is 10.1. The molecule has 0 unspecified atom stereocenters. The molecule has 0 aliphatic carbocycles. The number of aryl methyl sites for hydroxylation is 2. The largest absolute Gasteiger partial charge is 0.497 e. The van der Waals surface area contributed by atoms with E-state index in [0.717, 1.165) is 16.8 Å². The first kappa shape index (κ1) is 25.6. The number of methoxy groups -OCH3 is 1. The summed E-state index contributed by atoms with van der Waals surface area (Å²) in [7, 11) is 1.51. The molecule has 1 heterocycles. The van der Waals surface area contributed by atoms with E-state index in [1.165, 1.54) is 31.4 Å². The number of benzene rings is 3.